The number of hydrogen-bond acceptors (Lipinski definition) is 2. The molecule has 0 radical (unpaired) electrons. The molecule has 2 N–H and O–H groups in total. The summed E-state index contributed by atoms with van der Waals surface area (Å²) < 4.78 is 0. The minimum atomic E-state index is -1.43. The molecule has 2 nitrogen and oxygen atoms in total. The molecule has 0 aliphatic heterocycles. The number of aliphatic hydroxyl groups is 2. The maximum absolute atomic E-state index is 9.22. The molecule has 1 aliphatic rings. The summed E-state index contributed by atoms with van der Waals surface area (Å²) >= 11 is 0. The first-order valence-corrected chi connectivity index (χ1v) is 14.0. The molecule has 1 aliphatic carbocycles. The van der Waals surface area contributed by atoms with Crippen LogP contribution >= 0.6 is 0 Å². The summed E-state index contributed by atoms with van der Waals surface area (Å²) in [7, 11) is -1.43. The van der Waals surface area contributed by atoms with Crippen molar-refractivity contribution in [1.82, 2.24) is 0 Å². The van der Waals surface area contributed by atoms with Crippen LogP contribution in [0.2, 0.25) is 19.1 Å². The molecular weight excluding hydrogens is 336 g/mol. The predicted octanol–water partition coefficient (Wildman–Crippen LogP) is 5.06. The van der Waals surface area contributed by atoms with Crippen molar-refractivity contribution in [1.29, 1.82) is 0 Å². The van der Waals surface area contributed by atoms with Crippen LogP contribution in [0.5, 0.6) is 0 Å². The largest absolute Gasteiger partial charge is 0.396 e. The lowest BCUT2D eigenvalue weighted by Crippen LogP contribution is -2.41. The second kappa shape index (κ2) is 10.6. The highest BCUT2D eigenvalue weighted by atomic mass is 28.3. The predicted molar refractivity (Wildman–Crippen MR) is 115 cm³/mol. The number of rotatable bonds is 10. The van der Waals surface area contributed by atoms with Gasteiger partial charge in [-0.2, -0.15) is 0 Å². The second-order valence-corrected chi connectivity index (χ2v) is 14.0. The van der Waals surface area contributed by atoms with Crippen LogP contribution in [0.15, 0.2) is 24.3 Å². The van der Waals surface area contributed by atoms with E-state index in [2.05, 4.69) is 44.3 Å². The first kappa shape index (κ1) is 21.7. The van der Waals surface area contributed by atoms with Crippen molar-refractivity contribution in [2.75, 3.05) is 13.2 Å². The third kappa shape index (κ3) is 6.21. The highest BCUT2D eigenvalue weighted by Crippen LogP contribution is 2.37. The molecule has 1 saturated carbocycles. The molecule has 0 heterocycles. The highest BCUT2D eigenvalue weighted by molar-refractivity contribution is 6.89. The number of aliphatic hydroxyl groups excluding tert-OH is 2. The summed E-state index contributed by atoms with van der Waals surface area (Å²) in [6.07, 6.45) is 10.4. The van der Waals surface area contributed by atoms with Gasteiger partial charge < -0.3 is 10.2 Å². The molecule has 3 heteroatoms. The maximum atomic E-state index is 9.22. The molecule has 0 unspecified atom stereocenters. The Morgan fingerprint density at radius 2 is 1.62 bits per heavy atom. The Morgan fingerprint density at radius 1 is 1.00 bits per heavy atom. The van der Waals surface area contributed by atoms with E-state index in [9.17, 15) is 10.2 Å². The normalized spacial score (nSPS) is 21.3. The fourth-order valence-corrected chi connectivity index (χ4v) is 7.06. The average Bonchev–Trinajstić information content (AvgIpc) is 2.66. The van der Waals surface area contributed by atoms with E-state index in [1.807, 2.05) is 0 Å². The van der Waals surface area contributed by atoms with Gasteiger partial charge in [-0.25, -0.2) is 0 Å². The van der Waals surface area contributed by atoms with Crippen LogP contribution in [0.25, 0.3) is 0 Å². The van der Waals surface area contributed by atoms with Crippen molar-refractivity contribution in [2.24, 2.45) is 11.8 Å². The molecule has 0 aromatic heterocycles. The average molecular weight is 377 g/mol. The van der Waals surface area contributed by atoms with E-state index in [1.54, 1.807) is 10.8 Å². The minimum Gasteiger partial charge on any atom is -0.396 e. The van der Waals surface area contributed by atoms with Gasteiger partial charge in [0.2, 0.25) is 0 Å². The van der Waals surface area contributed by atoms with Gasteiger partial charge in [0.05, 0.1) is 8.07 Å². The van der Waals surface area contributed by atoms with Gasteiger partial charge in [0.1, 0.15) is 0 Å². The molecule has 2 rings (SSSR count). The van der Waals surface area contributed by atoms with Gasteiger partial charge in [0, 0.05) is 19.1 Å². The van der Waals surface area contributed by atoms with Crippen molar-refractivity contribution in [3.63, 3.8) is 0 Å². The van der Waals surface area contributed by atoms with Crippen LogP contribution in [0, 0.1) is 11.8 Å². The minimum absolute atomic E-state index is 0.0602. The SMILES string of the molecule is CCCC1CCC(c2ccc([Si](C)(C)CCCC(CO)CO)cc2)CC1. The lowest BCUT2D eigenvalue weighted by molar-refractivity contribution is 0.143. The van der Waals surface area contributed by atoms with Crippen molar-refractivity contribution in [2.45, 2.75) is 83.3 Å². The molecule has 0 amide bonds. The second-order valence-electron chi connectivity index (χ2n) is 9.14. The van der Waals surface area contributed by atoms with Gasteiger partial charge in [-0.3, -0.25) is 0 Å². The Balaban J connectivity index is 1.87. The standard InChI is InChI=1S/C23H40O2Si/c1-4-6-19-8-10-21(11-9-19)22-12-14-23(15-13-22)26(2,3)16-5-7-20(17-24)18-25/h12-15,19-21,24-25H,4-11,16-18H2,1-3H3. The Kier molecular flexibility index (Phi) is 8.85. The zero-order valence-electron chi connectivity index (χ0n) is 17.2. The Bertz CT molecular complexity index is 499. The molecular formula is C23H40O2Si. The third-order valence-corrected chi connectivity index (χ3v) is 10.1. The van der Waals surface area contributed by atoms with E-state index in [-0.39, 0.29) is 19.1 Å². The summed E-state index contributed by atoms with van der Waals surface area (Å²) in [5.41, 5.74) is 1.55. The molecule has 1 aromatic rings. The van der Waals surface area contributed by atoms with Gasteiger partial charge in [-0.15, -0.1) is 0 Å². The quantitative estimate of drug-likeness (QED) is 0.561. The van der Waals surface area contributed by atoms with Crippen LogP contribution < -0.4 is 5.19 Å². The first-order valence-electron chi connectivity index (χ1n) is 10.8. The van der Waals surface area contributed by atoms with Crippen LogP contribution in [0.1, 0.15) is 69.8 Å². The Morgan fingerprint density at radius 3 is 2.15 bits per heavy atom. The summed E-state index contributed by atoms with van der Waals surface area (Å²) in [6, 6.07) is 10.8. The van der Waals surface area contributed by atoms with Gasteiger partial charge in [-0.1, -0.05) is 74.8 Å². The van der Waals surface area contributed by atoms with E-state index in [1.165, 1.54) is 44.6 Å². The Hall–Kier alpha value is -0.643. The number of benzene rings is 1. The lowest BCUT2D eigenvalue weighted by Gasteiger charge is -2.29. The Labute approximate surface area is 162 Å². The van der Waals surface area contributed by atoms with E-state index < -0.39 is 8.07 Å². The first-order chi connectivity index (χ1) is 12.5. The summed E-state index contributed by atoms with van der Waals surface area (Å²) in [5, 5.41) is 20.0. The lowest BCUT2D eigenvalue weighted by atomic mass is 9.77. The van der Waals surface area contributed by atoms with E-state index >= 15 is 0 Å². The van der Waals surface area contributed by atoms with Crippen molar-refractivity contribution < 1.29 is 10.2 Å². The van der Waals surface area contributed by atoms with E-state index in [4.69, 9.17) is 0 Å². The van der Waals surface area contributed by atoms with Gasteiger partial charge in [-0.05, 0) is 49.5 Å². The van der Waals surface area contributed by atoms with Gasteiger partial charge in [0.25, 0.3) is 0 Å². The van der Waals surface area contributed by atoms with Crippen molar-refractivity contribution in [3.05, 3.63) is 29.8 Å². The fourth-order valence-electron chi connectivity index (χ4n) is 4.62. The van der Waals surface area contributed by atoms with Gasteiger partial charge >= 0.3 is 0 Å². The third-order valence-electron chi connectivity index (χ3n) is 6.64. The van der Waals surface area contributed by atoms with Crippen LogP contribution in [-0.2, 0) is 0 Å². The van der Waals surface area contributed by atoms with Gasteiger partial charge in [0.15, 0.2) is 0 Å². The van der Waals surface area contributed by atoms with Crippen LogP contribution in [-0.4, -0.2) is 31.5 Å². The molecule has 148 valence electrons. The highest BCUT2D eigenvalue weighted by Gasteiger charge is 2.25. The van der Waals surface area contributed by atoms with Crippen molar-refractivity contribution in [3.8, 4) is 0 Å². The summed E-state index contributed by atoms with van der Waals surface area (Å²) in [6.45, 7) is 7.42. The monoisotopic (exact) mass is 376 g/mol. The molecule has 26 heavy (non-hydrogen) atoms. The zero-order valence-corrected chi connectivity index (χ0v) is 18.2. The maximum Gasteiger partial charge on any atom is 0.0806 e. The zero-order chi connectivity index (χ0) is 19.0. The smallest absolute Gasteiger partial charge is 0.0806 e. The molecule has 0 atom stereocenters. The summed E-state index contributed by atoms with van der Waals surface area (Å²) in [5.74, 6) is 1.81. The van der Waals surface area contributed by atoms with E-state index in [0.29, 0.717) is 0 Å². The molecule has 0 saturated heterocycles. The molecule has 0 spiro atoms. The fraction of sp³-hybridized carbons (Fsp3) is 0.739. The van der Waals surface area contributed by atoms with Crippen molar-refractivity contribution >= 4 is 13.3 Å². The van der Waals surface area contributed by atoms with E-state index in [0.717, 1.165) is 24.7 Å². The van der Waals surface area contributed by atoms with Crippen LogP contribution in [0.4, 0.5) is 0 Å². The molecule has 1 aromatic carbocycles. The number of hydrogen-bond donors (Lipinski definition) is 2. The molecule has 0 bridgehead atoms. The molecule has 1 fully saturated rings. The van der Waals surface area contributed by atoms with Crippen LogP contribution in [0.3, 0.4) is 0 Å². The summed E-state index contributed by atoms with van der Waals surface area (Å²) in [4.78, 5) is 0. The topological polar surface area (TPSA) is 40.5 Å².